The molecule has 4 N–H and O–H groups in total. The molecule has 1 unspecified atom stereocenters. The highest BCUT2D eigenvalue weighted by molar-refractivity contribution is 7.80. The molecular formula is C14H16N4O2S. The summed E-state index contributed by atoms with van der Waals surface area (Å²) in [6, 6.07) is 6.83. The summed E-state index contributed by atoms with van der Waals surface area (Å²) in [5.74, 6) is 0.378. The summed E-state index contributed by atoms with van der Waals surface area (Å²) in [4.78, 5) is 12.1. The van der Waals surface area contributed by atoms with Crippen molar-refractivity contribution in [3.05, 3.63) is 47.8 Å². The summed E-state index contributed by atoms with van der Waals surface area (Å²) < 4.78 is 5.40. The second kappa shape index (κ2) is 6.85. The Labute approximate surface area is 127 Å². The average Bonchev–Trinajstić information content (AvgIpc) is 3.00. The number of ether oxygens (including phenoxy) is 1. The largest absolute Gasteiger partial charge is 0.484 e. The van der Waals surface area contributed by atoms with Crippen LogP contribution < -0.4 is 15.8 Å². The van der Waals surface area contributed by atoms with E-state index in [0.29, 0.717) is 10.7 Å². The maximum atomic E-state index is 11.8. The Morgan fingerprint density at radius 1 is 1.48 bits per heavy atom. The van der Waals surface area contributed by atoms with E-state index < -0.39 is 0 Å². The maximum absolute atomic E-state index is 11.8. The summed E-state index contributed by atoms with van der Waals surface area (Å²) in [5, 5.41) is 9.36. The molecule has 0 fully saturated rings. The van der Waals surface area contributed by atoms with Gasteiger partial charge in [0.05, 0.1) is 12.2 Å². The van der Waals surface area contributed by atoms with Gasteiger partial charge in [0.15, 0.2) is 6.61 Å². The monoisotopic (exact) mass is 304 g/mol. The lowest BCUT2D eigenvalue weighted by atomic mass is 10.2. The lowest BCUT2D eigenvalue weighted by Gasteiger charge is -2.12. The molecule has 0 aliphatic carbocycles. The van der Waals surface area contributed by atoms with Gasteiger partial charge in [-0.2, -0.15) is 5.10 Å². The van der Waals surface area contributed by atoms with Crippen molar-refractivity contribution in [2.24, 2.45) is 5.73 Å². The van der Waals surface area contributed by atoms with Gasteiger partial charge in [-0.1, -0.05) is 12.2 Å². The van der Waals surface area contributed by atoms with E-state index in [1.54, 1.807) is 36.7 Å². The summed E-state index contributed by atoms with van der Waals surface area (Å²) >= 11 is 4.86. The van der Waals surface area contributed by atoms with Crippen LogP contribution in [0.4, 0.5) is 0 Å². The minimum atomic E-state index is -0.206. The van der Waals surface area contributed by atoms with Crippen LogP contribution in [0.1, 0.15) is 24.1 Å². The molecule has 0 bridgehead atoms. The minimum Gasteiger partial charge on any atom is -0.484 e. The van der Waals surface area contributed by atoms with E-state index in [0.717, 1.165) is 11.1 Å². The van der Waals surface area contributed by atoms with Gasteiger partial charge in [0.25, 0.3) is 5.91 Å². The van der Waals surface area contributed by atoms with Crippen LogP contribution in [0.25, 0.3) is 0 Å². The molecule has 2 aromatic rings. The fraction of sp³-hybridized carbons (Fsp3) is 0.214. The quantitative estimate of drug-likeness (QED) is 0.700. The highest BCUT2D eigenvalue weighted by atomic mass is 32.1. The second-order valence-electron chi connectivity index (χ2n) is 4.50. The SMILES string of the molecule is CC(NC(=O)COc1ccc(C(N)=S)cc1)c1cn[nH]c1. The Bertz CT molecular complexity index is 610. The van der Waals surface area contributed by atoms with Crippen molar-refractivity contribution in [2.45, 2.75) is 13.0 Å². The summed E-state index contributed by atoms with van der Waals surface area (Å²) in [6.45, 7) is 1.81. The number of hydrogen-bond acceptors (Lipinski definition) is 4. The first-order valence-corrected chi connectivity index (χ1v) is 6.78. The first-order valence-electron chi connectivity index (χ1n) is 6.37. The Morgan fingerprint density at radius 3 is 2.76 bits per heavy atom. The number of benzene rings is 1. The molecule has 2 rings (SSSR count). The standard InChI is InChI=1S/C14H16N4O2S/c1-9(11-6-16-17-7-11)18-13(19)8-20-12-4-2-10(3-5-12)14(15)21/h2-7,9H,8H2,1H3,(H2,15,21)(H,16,17)(H,18,19). The molecule has 1 amide bonds. The predicted octanol–water partition coefficient (Wildman–Crippen LogP) is 1.30. The van der Waals surface area contributed by atoms with Crippen LogP contribution in [0.3, 0.4) is 0 Å². The number of aromatic amines is 1. The number of aromatic nitrogens is 2. The number of thiocarbonyl (C=S) groups is 1. The number of nitrogens with two attached hydrogens (primary N) is 1. The molecule has 0 saturated heterocycles. The van der Waals surface area contributed by atoms with E-state index in [4.69, 9.17) is 22.7 Å². The maximum Gasteiger partial charge on any atom is 0.258 e. The third-order valence-electron chi connectivity index (χ3n) is 2.91. The fourth-order valence-corrected chi connectivity index (χ4v) is 1.86. The van der Waals surface area contributed by atoms with E-state index in [9.17, 15) is 4.79 Å². The molecule has 0 aliphatic heterocycles. The van der Waals surface area contributed by atoms with Crippen molar-refractivity contribution in [2.75, 3.05) is 6.61 Å². The molecule has 21 heavy (non-hydrogen) atoms. The van der Waals surface area contributed by atoms with Gasteiger partial charge >= 0.3 is 0 Å². The van der Waals surface area contributed by atoms with Crippen LogP contribution in [0.5, 0.6) is 5.75 Å². The van der Waals surface area contributed by atoms with Gasteiger partial charge in [0.2, 0.25) is 0 Å². The Hall–Kier alpha value is -2.41. The van der Waals surface area contributed by atoms with Gasteiger partial charge in [-0.15, -0.1) is 0 Å². The summed E-state index contributed by atoms with van der Waals surface area (Å²) in [6.07, 6.45) is 3.40. The number of carbonyl (C=O) groups is 1. The van der Waals surface area contributed by atoms with Gasteiger partial charge in [-0.3, -0.25) is 9.89 Å². The molecule has 0 spiro atoms. The Kier molecular flexibility index (Phi) is 4.89. The van der Waals surface area contributed by atoms with Crippen molar-refractivity contribution in [1.82, 2.24) is 15.5 Å². The van der Waals surface area contributed by atoms with E-state index >= 15 is 0 Å². The Balaban J connectivity index is 1.82. The van der Waals surface area contributed by atoms with Crippen molar-refractivity contribution in [3.8, 4) is 5.75 Å². The van der Waals surface area contributed by atoms with Crippen LogP contribution in [0.15, 0.2) is 36.7 Å². The van der Waals surface area contributed by atoms with Crippen molar-refractivity contribution in [1.29, 1.82) is 0 Å². The molecule has 110 valence electrons. The summed E-state index contributed by atoms with van der Waals surface area (Å²) in [7, 11) is 0. The molecule has 0 saturated carbocycles. The van der Waals surface area contributed by atoms with Crippen LogP contribution in [-0.2, 0) is 4.79 Å². The van der Waals surface area contributed by atoms with E-state index in [-0.39, 0.29) is 18.6 Å². The third-order valence-corrected chi connectivity index (χ3v) is 3.14. The van der Waals surface area contributed by atoms with Crippen LogP contribution in [0.2, 0.25) is 0 Å². The van der Waals surface area contributed by atoms with Crippen molar-refractivity contribution >= 4 is 23.1 Å². The molecule has 7 heteroatoms. The van der Waals surface area contributed by atoms with Gasteiger partial charge in [-0.25, -0.2) is 0 Å². The van der Waals surface area contributed by atoms with Gasteiger partial charge in [-0.05, 0) is 31.2 Å². The average molecular weight is 304 g/mol. The first kappa shape index (κ1) is 15.0. The Morgan fingerprint density at radius 2 is 2.19 bits per heavy atom. The minimum absolute atomic E-state index is 0.0609. The number of H-pyrrole nitrogens is 1. The topological polar surface area (TPSA) is 93.0 Å². The van der Waals surface area contributed by atoms with Crippen LogP contribution in [-0.4, -0.2) is 27.7 Å². The van der Waals surface area contributed by atoms with E-state index in [1.165, 1.54) is 0 Å². The molecular weight excluding hydrogens is 288 g/mol. The lowest BCUT2D eigenvalue weighted by molar-refractivity contribution is -0.123. The number of rotatable bonds is 6. The van der Waals surface area contributed by atoms with E-state index in [1.807, 2.05) is 6.92 Å². The molecule has 0 radical (unpaired) electrons. The molecule has 1 heterocycles. The highest BCUT2D eigenvalue weighted by Gasteiger charge is 2.10. The second-order valence-corrected chi connectivity index (χ2v) is 4.94. The van der Waals surface area contributed by atoms with Crippen LogP contribution >= 0.6 is 12.2 Å². The summed E-state index contributed by atoms with van der Waals surface area (Å²) in [5.41, 5.74) is 7.17. The number of amides is 1. The molecule has 1 atom stereocenters. The van der Waals surface area contributed by atoms with Gasteiger partial charge < -0.3 is 15.8 Å². The first-order chi connectivity index (χ1) is 10.1. The smallest absolute Gasteiger partial charge is 0.258 e. The molecule has 1 aromatic carbocycles. The number of carbonyl (C=O) groups excluding carboxylic acids is 1. The third kappa shape index (κ3) is 4.28. The lowest BCUT2D eigenvalue weighted by Crippen LogP contribution is -2.31. The zero-order chi connectivity index (χ0) is 15.2. The normalized spacial score (nSPS) is 11.7. The van der Waals surface area contributed by atoms with Gasteiger partial charge in [0.1, 0.15) is 10.7 Å². The molecule has 1 aromatic heterocycles. The van der Waals surface area contributed by atoms with Crippen LogP contribution in [0, 0.1) is 0 Å². The van der Waals surface area contributed by atoms with Crippen molar-refractivity contribution in [3.63, 3.8) is 0 Å². The highest BCUT2D eigenvalue weighted by Crippen LogP contribution is 2.12. The fourth-order valence-electron chi connectivity index (χ4n) is 1.73. The molecule has 6 nitrogen and oxygen atoms in total. The zero-order valence-corrected chi connectivity index (χ0v) is 12.3. The molecule has 0 aliphatic rings. The number of nitrogens with one attached hydrogen (secondary N) is 2. The van der Waals surface area contributed by atoms with Crippen molar-refractivity contribution < 1.29 is 9.53 Å². The van der Waals surface area contributed by atoms with E-state index in [2.05, 4.69) is 15.5 Å². The predicted molar refractivity (Wildman–Crippen MR) is 83.0 cm³/mol. The van der Waals surface area contributed by atoms with Gasteiger partial charge in [0, 0.05) is 17.3 Å². The number of hydrogen-bond donors (Lipinski definition) is 3. The number of nitrogens with zero attached hydrogens (tertiary/aromatic N) is 1. The zero-order valence-electron chi connectivity index (χ0n) is 11.5.